The van der Waals surface area contributed by atoms with E-state index in [0.717, 1.165) is 69.8 Å². The van der Waals surface area contributed by atoms with Crippen LogP contribution in [0.25, 0.3) is 15.9 Å². The predicted molar refractivity (Wildman–Crippen MR) is 125 cm³/mol. The van der Waals surface area contributed by atoms with Crippen LogP contribution in [-0.4, -0.2) is 31.1 Å². The number of rotatable bonds is 4. The number of fused-ring (bicyclic) bond motifs is 4. The Bertz CT molecular complexity index is 1470. The molecule has 0 radical (unpaired) electrons. The average molecular weight is 444 g/mol. The molecule has 160 valence electrons. The van der Waals surface area contributed by atoms with Crippen LogP contribution in [0, 0.1) is 13.8 Å². The van der Waals surface area contributed by atoms with Gasteiger partial charge in [0.2, 0.25) is 0 Å². The van der Waals surface area contributed by atoms with Crippen molar-refractivity contribution in [1.29, 1.82) is 0 Å². The molecule has 0 amide bonds. The van der Waals surface area contributed by atoms with Gasteiger partial charge in [0, 0.05) is 29.4 Å². The van der Waals surface area contributed by atoms with Crippen molar-refractivity contribution >= 4 is 38.7 Å². The molecular formula is C23H21N7OS. The lowest BCUT2D eigenvalue weighted by Gasteiger charge is -2.14. The highest BCUT2D eigenvalue weighted by molar-refractivity contribution is 7.19. The number of ether oxygens (including phenoxy) is 1. The Balaban J connectivity index is 1.28. The van der Waals surface area contributed by atoms with E-state index < -0.39 is 0 Å². The van der Waals surface area contributed by atoms with Crippen LogP contribution in [0.1, 0.15) is 21.8 Å². The van der Waals surface area contributed by atoms with Gasteiger partial charge >= 0.3 is 0 Å². The molecule has 0 aliphatic carbocycles. The van der Waals surface area contributed by atoms with Gasteiger partial charge in [-0.15, -0.1) is 11.3 Å². The second-order valence-electron chi connectivity index (χ2n) is 7.86. The maximum Gasteiger partial charge on any atom is 0.159 e. The van der Waals surface area contributed by atoms with E-state index >= 15 is 0 Å². The molecule has 0 spiro atoms. The molecule has 8 nitrogen and oxygen atoms in total. The van der Waals surface area contributed by atoms with Gasteiger partial charge in [0.25, 0.3) is 0 Å². The minimum absolute atomic E-state index is 0.727. The number of hydrogen-bond donors (Lipinski definition) is 2. The van der Waals surface area contributed by atoms with E-state index in [2.05, 4.69) is 36.8 Å². The van der Waals surface area contributed by atoms with E-state index in [4.69, 9.17) is 4.74 Å². The van der Waals surface area contributed by atoms with Gasteiger partial charge in [0.05, 0.1) is 5.39 Å². The van der Waals surface area contributed by atoms with Crippen LogP contribution in [0.5, 0.6) is 11.5 Å². The van der Waals surface area contributed by atoms with Crippen LogP contribution in [0.2, 0.25) is 0 Å². The summed E-state index contributed by atoms with van der Waals surface area (Å²) in [5, 5.41) is 12.4. The lowest BCUT2D eigenvalue weighted by atomic mass is 10.1. The molecule has 0 bridgehead atoms. The largest absolute Gasteiger partial charge is 0.457 e. The van der Waals surface area contributed by atoms with Crippen LogP contribution in [0.3, 0.4) is 0 Å². The first kappa shape index (κ1) is 19.1. The Morgan fingerprint density at radius 1 is 1.16 bits per heavy atom. The van der Waals surface area contributed by atoms with Crippen molar-refractivity contribution in [2.75, 3.05) is 11.9 Å². The highest BCUT2D eigenvalue weighted by Crippen LogP contribution is 2.37. The molecule has 1 aliphatic heterocycles. The number of pyridine rings is 1. The zero-order valence-electron chi connectivity index (χ0n) is 17.7. The lowest BCUT2D eigenvalue weighted by molar-refractivity contribution is 0.478. The van der Waals surface area contributed by atoms with Gasteiger partial charge < -0.3 is 15.4 Å². The first-order valence-corrected chi connectivity index (χ1v) is 11.3. The molecule has 5 aromatic rings. The van der Waals surface area contributed by atoms with Gasteiger partial charge in [-0.05, 0) is 62.2 Å². The number of aromatic nitrogens is 5. The molecule has 6 rings (SSSR count). The molecule has 0 fully saturated rings. The molecule has 4 aromatic heterocycles. The topological polar surface area (TPSA) is 89.3 Å². The van der Waals surface area contributed by atoms with Gasteiger partial charge in [0.15, 0.2) is 5.65 Å². The molecule has 5 heterocycles. The Hall–Kier alpha value is -3.56. The number of nitrogens with zero attached hydrogens (tertiary/aromatic N) is 5. The number of anilines is 2. The SMILES string of the molecule is Cc1nc2cc(Oc3ccc(Nc4ncnc5sc6c(c45)CCNC6)cc3C)ccn2n1. The Morgan fingerprint density at radius 3 is 3.00 bits per heavy atom. The summed E-state index contributed by atoms with van der Waals surface area (Å²) in [5.74, 6) is 3.11. The van der Waals surface area contributed by atoms with Crippen molar-refractivity contribution in [1.82, 2.24) is 29.9 Å². The highest BCUT2D eigenvalue weighted by atomic mass is 32.1. The number of thiophene rings is 1. The molecule has 1 aliphatic rings. The second-order valence-corrected chi connectivity index (χ2v) is 8.95. The van der Waals surface area contributed by atoms with E-state index in [-0.39, 0.29) is 0 Å². The summed E-state index contributed by atoms with van der Waals surface area (Å²) in [6, 6.07) is 9.83. The number of nitrogens with one attached hydrogen (secondary N) is 2. The number of benzene rings is 1. The Labute approximate surface area is 188 Å². The van der Waals surface area contributed by atoms with Crippen molar-refractivity contribution in [3.8, 4) is 11.5 Å². The van der Waals surface area contributed by atoms with Crippen molar-refractivity contribution in [2.24, 2.45) is 0 Å². The van der Waals surface area contributed by atoms with Gasteiger partial charge in [-0.3, -0.25) is 0 Å². The molecule has 0 unspecified atom stereocenters. The summed E-state index contributed by atoms with van der Waals surface area (Å²) < 4.78 is 7.86. The van der Waals surface area contributed by atoms with Gasteiger partial charge in [-0.1, -0.05) is 0 Å². The summed E-state index contributed by atoms with van der Waals surface area (Å²) in [6.45, 7) is 5.80. The quantitative estimate of drug-likeness (QED) is 0.422. The second kappa shape index (κ2) is 7.54. The number of hydrogen-bond acceptors (Lipinski definition) is 8. The van der Waals surface area contributed by atoms with E-state index in [1.165, 1.54) is 10.4 Å². The van der Waals surface area contributed by atoms with E-state index in [1.54, 1.807) is 22.2 Å². The first-order chi connectivity index (χ1) is 15.6. The fourth-order valence-corrected chi connectivity index (χ4v) is 5.25. The Morgan fingerprint density at radius 2 is 2.09 bits per heavy atom. The van der Waals surface area contributed by atoms with E-state index in [1.807, 2.05) is 44.3 Å². The highest BCUT2D eigenvalue weighted by Gasteiger charge is 2.19. The van der Waals surface area contributed by atoms with Crippen molar-refractivity contribution in [2.45, 2.75) is 26.8 Å². The average Bonchev–Trinajstić information content (AvgIpc) is 3.35. The zero-order chi connectivity index (χ0) is 21.7. The van der Waals surface area contributed by atoms with Crippen LogP contribution >= 0.6 is 11.3 Å². The summed E-state index contributed by atoms with van der Waals surface area (Å²) in [6.07, 6.45) is 4.49. The van der Waals surface area contributed by atoms with Crippen LogP contribution in [0.4, 0.5) is 11.5 Å². The van der Waals surface area contributed by atoms with E-state index in [9.17, 15) is 0 Å². The minimum Gasteiger partial charge on any atom is -0.457 e. The van der Waals surface area contributed by atoms with Gasteiger partial charge in [-0.2, -0.15) is 5.10 Å². The monoisotopic (exact) mass is 443 g/mol. The normalized spacial score (nSPS) is 13.4. The van der Waals surface area contributed by atoms with Gasteiger partial charge in [-0.25, -0.2) is 19.5 Å². The fraction of sp³-hybridized carbons (Fsp3) is 0.217. The summed E-state index contributed by atoms with van der Waals surface area (Å²) in [7, 11) is 0. The third-order valence-electron chi connectivity index (χ3n) is 5.59. The van der Waals surface area contributed by atoms with Gasteiger partial charge in [0.1, 0.15) is 34.3 Å². The van der Waals surface area contributed by atoms with Crippen molar-refractivity contribution < 1.29 is 4.74 Å². The lowest BCUT2D eigenvalue weighted by Crippen LogP contribution is -2.22. The first-order valence-electron chi connectivity index (χ1n) is 10.5. The Kier molecular flexibility index (Phi) is 4.51. The summed E-state index contributed by atoms with van der Waals surface area (Å²) in [4.78, 5) is 15.8. The van der Waals surface area contributed by atoms with E-state index in [0.29, 0.717) is 0 Å². The molecule has 0 atom stereocenters. The van der Waals surface area contributed by atoms with Crippen LogP contribution in [-0.2, 0) is 13.0 Å². The van der Waals surface area contributed by atoms with Crippen LogP contribution in [0.15, 0.2) is 42.9 Å². The molecule has 32 heavy (non-hydrogen) atoms. The standard InChI is InChI=1S/C23H21N7OS/c1-13-9-15(3-4-18(13)31-16-6-8-30-20(10-16)27-14(2)29-30)28-22-21-17-5-7-24-11-19(17)32-23(21)26-12-25-22/h3-4,6,8-10,12,24H,5,7,11H2,1-2H3,(H,25,26,28). The molecule has 0 saturated carbocycles. The molecule has 9 heteroatoms. The molecule has 0 saturated heterocycles. The van der Waals surface area contributed by atoms with Crippen LogP contribution < -0.4 is 15.4 Å². The third kappa shape index (κ3) is 3.35. The maximum absolute atomic E-state index is 6.12. The minimum atomic E-state index is 0.727. The maximum atomic E-state index is 6.12. The predicted octanol–water partition coefficient (Wildman–Crippen LogP) is 4.53. The summed E-state index contributed by atoms with van der Waals surface area (Å²) >= 11 is 1.75. The van der Waals surface area contributed by atoms with Crippen molar-refractivity contribution in [3.05, 3.63) is 64.7 Å². The zero-order valence-corrected chi connectivity index (χ0v) is 18.5. The molecular weight excluding hydrogens is 422 g/mol. The molecule has 1 aromatic carbocycles. The smallest absolute Gasteiger partial charge is 0.159 e. The summed E-state index contributed by atoms with van der Waals surface area (Å²) in [5.41, 5.74) is 4.11. The van der Waals surface area contributed by atoms with Crippen molar-refractivity contribution in [3.63, 3.8) is 0 Å². The molecule has 2 N–H and O–H groups in total. The number of aryl methyl sites for hydroxylation is 2. The third-order valence-corrected chi connectivity index (χ3v) is 6.73. The fourth-order valence-electron chi connectivity index (χ4n) is 4.10.